The molecule has 1 aromatic rings. The number of ether oxygens (including phenoxy) is 1. The SMILES string of the molecule is COc1cccc2c1C[C@H](O)[C@@H](N)C2. The third-order valence-corrected chi connectivity index (χ3v) is 2.81. The Morgan fingerprint density at radius 1 is 1.43 bits per heavy atom. The van der Waals surface area contributed by atoms with Crippen LogP contribution in [0.15, 0.2) is 18.2 Å². The Morgan fingerprint density at radius 2 is 2.21 bits per heavy atom. The summed E-state index contributed by atoms with van der Waals surface area (Å²) in [5, 5.41) is 9.66. The molecule has 0 heterocycles. The molecule has 3 heteroatoms. The van der Waals surface area contributed by atoms with Crippen molar-refractivity contribution in [1.82, 2.24) is 0 Å². The van der Waals surface area contributed by atoms with Crippen LogP contribution in [0.4, 0.5) is 0 Å². The fourth-order valence-electron chi connectivity index (χ4n) is 1.98. The molecule has 0 aliphatic heterocycles. The highest BCUT2D eigenvalue weighted by atomic mass is 16.5. The van der Waals surface area contributed by atoms with Crippen LogP contribution in [-0.2, 0) is 12.8 Å². The van der Waals surface area contributed by atoms with Gasteiger partial charge in [-0.1, -0.05) is 12.1 Å². The number of hydrogen-bond donors (Lipinski definition) is 2. The van der Waals surface area contributed by atoms with Crippen molar-refractivity contribution in [2.24, 2.45) is 5.73 Å². The quantitative estimate of drug-likeness (QED) is 0.682. The lowest BCUT2D eigenvalue weighted by Crippen LogP contribution is -2.41. The zero-order valence-electron chi connectivity index (χ0n) is 8.23. The third kappa shape index (κ3) is 1.49. The Bertz CT molecular complexity index is 338. The molecule has 2 rings (SSSR count). The van der Waals surface area contributed by atoms with Gasteiger partial charge in [0.15, 0.2) is 0 Å². The first-order valence-electron chi connectivity index (χ1n) is 4.80. The number of fused-ring (bicyclic) bond motifs is 1. The molecule has 0 fully saturated rings. The van der Waals surface area contributed by atoms with E-state index in [1.807, 2.05) is 18.2 Å². The van der Waals surface area contributed by atoms with E-state index in [1.54, 1.807) is 7.11 Å². The molecule has 0 saturated carbocycles. The van der Waals surface area contributed by atoms with Gasteiger partial charge < -0.3 is 15.6 Å². The second-order valence-corrected chi connectivity index (χ2v) is 3.74. The number of benzene rings is 1. The third-order valence-electron chi connectivity index (χ3n) is 2.81. The lowest BCUT2D eigenvalue weighted by Gasteiger charge is -2.27. The van der Waals surface area contributed by atoms with Crippen molar-refractivity contribution in [3.8, 4) is 5.75 Å². The van der Waals surface area contributed by atoms with E-state index in [2.05, 4.69) is 0 Å². The van der Waals surface area contributed by atoms with Crippen LogP contribution in [0.2, 0.25) is 0 Å². The summed E-state index contributed by atoms with van der Waals surface area (Å²) >= 11 is 0. The van der Waals surface area contributed by atoms with Gasteiger partial charge in [0, 0.05) is 12.5 Å². The molecule has 76 valence electrons. The van der Waals surface area contributed by atoms with Crippen LogP contribution in [-0.4, -0.2) is 24.4 Å². The highest BCUT2D eigenvalue weighted by molar-refractivity contribution is 5.43. The predicted octanol–water partition coefficient (Wildman–Crippen LogP) is 0.482. The molecule has 1 aliphatic rings. The Balaban J connectivity index is 2.41. The molecular weight excluding hydrogens is 178 g/mol. The molecule has 0 radical (unpaired) electrons. The minimum Gasteiger partial charge on any atom is -0.496 e. The summed E-state index contributed by atoms with van der Waals surface area (Å²) in [7, 11) is 1.65. The lowest BCUT2D eigenvalue weighted by molar-refractivity contribution is 0.136. The summed E-state index contributed by atoms with van der Waals surface area (Å²) in [4.78, 5) is 0. The van der Waals surface area contributed by atoms with E-state index >= 15 is 0 Å². The average Bonchev–Trinajstić information content (AvgIpc) is 2.19. The van der Waals surface area contributed by atoms with Crippen LogP contribution >= 0.6 is 0 Å². The van der Waals surface area contributed by atoms with Gasteiger partial charge in [-0.05, 0) is 23.6 Å². The predicted molar refractivity (Wildman–Crippen MR) is 54.4 cm³/mol. The smallest absolute Gasteiger partial charge is 0.122 e. The molecule has 1 aliphatic carbocycles. The zero-order chi connectivity index (χ0) is 10.1. The van der Waals surface area contributed by atoms with Crippen molar-refractivity contribution in [3.63, 3.8) is 0 Å². The second-order valence-electron chi connectivity index (χ2n) is 3.74. The van der Waals surface area contributed by atoms with Gasteiger partial charge in [0.05, 0.1) is 13.2 Å². The molecule has 1 aromatic carbocycles. The summed E-state index contributed by atoms with van der Waals surface area (Å²) in [6, 6.07) is 5.78. The first-order valence-corrected chi connectivity index (χ1v) is 4.80. The maximum absolute atomic E-state index is 9.66. The molecule has 0 bridgehead atoms. The van der Waals surface area contributed by atoms with Gasteiger partial charge in [-0.25, -0.2) is 0 Å². The molecule has 0 spiro atoms. The van der Waals surface area contributed by atoms with Gasteiger partial charge in [-0.15, -0.1) is 0 Å². The van der Waals surface area contributed by atoms with E-state index in [0.29, 0.717) is 6.42 Å². The highest BCUT2D eigenvalue weighted by Crippen LogP contribution is 2.28. The van der Waals surface area contributed by atoms with Crippen molar-refractivity contribution in [3.05, 3.63) is 29.3 Å². The molecular formula is C11H15NO2. The molecule has 0 aromatic heterocycles. The Labute approximate surface area is 83.5 Å². The van der Waals surface area contributed by atoms with Crippen LogP contribution < -0.4 is 10.5 Å². The molecule has 2 atom stereocenters. The average molecular weight is 193 g/mol. The summed E-state index contributed by atoms with van der Waals surface area (Å²) in [6.07, 6.45) is 0.882. The van der Waals surface area contributed by atoms with Gasteiger partial charge in [0.1, 0.15) is 5.75 Å². The Morgan fingerprint density at radius 3 is 2.93 bits per heavy atom. The molecule has 3 N–H and O–H groups in total. The number of methoxy groups -OCH3 is 1. The Hall–Kier alpha value is -1.06. The van der Waals surface area contributed by atoms with E-state index in [9.17, 15) is 5.11 Å². The van der Waals surface area contributed by atoms with Crippen molar-refractivity contribution in [2.75, 3.05) is 7.11 Å². The lowest BCUT2D eigenvalue weighted by atomic mass is 9.86. The minimum atomic E-state index is -0.446. The summed E-state index contributed by atoms with van der Waals surface area (Å²) in [6.45, 7) is 0. The van der Waals surface area contributed by atoms with Crippen LogP contribution in [0.5, 0.6) is 5.75 Å². The van der Waals surface area contributed by atoms with Crippen molar-refractivity contribution in [2.45, 2.75) is 25.0 Å². The van der Waals surface area contributed by atoms with Crippen molar-refractivity contribution < 1.29 is 9.84 Å². The molecule has 0 saturated heterocycles. The van der Waals surface area contributed by atoms with E-state index in [1.165, 1.54) is 5.56 Å². The van der Waals surface area contributed by atoms with Crippen LogP contribution in [0, 0.1) is 0 Å². The minimum absolute atomic E-state index is 0.144. The molecule has 0 unspecified atom stereocenters. The van der Waals surface area contributed by atoms with Gasteiger partial charge in [-0.2, -0.15) is 0 Å². The number of rotatable bonds is 1. The van der Waals surface area contributed by atoms with Gasteiger partial charge in [-0.3, -0.25) is 0 Å². The fraction of sp³-hybridized carbons (Fsp3) is 0.455. The van der Waals surface area contributed by atoms with Crippen molar-refractivity contribution in [1.29, 1.82) is 0 Å². The molecule has 0 amide bonds. The summed E-state index contributed by atoms with van der Waals surface area (Å²) < 4.78 is 5.24. The van der Waals surface area contributed by atoms with Gasteiger partial charge in [0.2, 0.25) is 0 Å². The standard InChI is InChI=1S/C11H15NO2/c1-14-11-4-2-3-7-5-9(12)10(13)6-8(7)11/h2-4,9-10,13H,5-6,12H2,1H3/t9-,10-/m0/s1. The van der Waals surface area contributed by atoms with E-state index in [4.69, 9.17) is 10.5 Å². The summed E-state index contributed by atoms with van der Waals surface area (Å²) in [5.41, 5.74) is 8.09. The van der Waals surface area contributed by atoms with E-state index in [-0.39, 0.29) is 6.04 Å². The van der Waals surface area contributed by atoms with Crippen molar-refractivity contribution >= 4 is 0 Å². The fourth-order valence-corrected chi connectivity index (χ4v) is 1.98. The monoisotopic (exact) mass is 193 g/mol. The second kappa shape index (κ2) is 3.59. The van der Waals surface area contributed by atoms with E-state index < -0.39 is 6.10 Å². The summed E-state index contributed by atoms with van der Waals surface area (Å²) in [5.74, 6) is 0.855. The molecule has 3 nitrogen and oxygen atoms in total. The van der Waals surface area contributed by atoms with Gasteiger partial charge >= 0.3 is 0 Å². The number of aliphatic hydroxyl groups is 1. The van der Waals surface area contributed by atoms with Crippen LogP contribution in [0.3, 0.4) is 0 Å². The molecule has 14 heavy (non-hydrogen) atoms. The highest BCUT2D eigenvalue weighted by Gasteiger charge is 2.25. The largest absolute Gasteiger partial charge is 0.496 e. The van der Waals surface area contributed by atoms with Gasteiger partial charge in [0.25, 0.3) is 0 Å². The maximum atomic E-state index is 9.66. The van der Waals surface area contributed by atoms with Crippen LogP contribution in [0.1, 0.15) is 11.1 Å². The zero-order valence-corrected chi connectivity index (χ0v) is 8.23. The van der Waals surface area contributed by atoms with Crippen LogP contribution in [0.25, 0.3) is 0 Å². The number of aliphatic hydroxyl groups excluding tert-OH is 1. The first kappa shape index (κ1) is 9.49. The normalized spacial score (nSPS) is 25.6. The number of hydrogen-bond acceptors (Lipinski definition) is 3. The van der Waals surface area contributed by atoms with E-state index in [0.717, 1.165) is 17.7 Å². The maximum Gasteiger partial charge on any atom is 0.122 e. The first-order chi connectivity index (χ1) is 6.72. The number of nitrogens with two attached hydrogens (primary N) is 1. The Kier molecular flexibility index (Phi) is 2.44. The topological polar surface area (TPSA) is 55.5 Å².